The molecule has 62 valence electrons. The third-order valence-electron chi connectivity index (χ3n) is 1.61. The van der Waals surface area contributed by atoms with Gasteiger partial charge in [-0.3, -0.25) is 0 Å². The van der Waals surface area contributed by atoms with Gasteiger partial charge in [-0.15, -0.1) is 0 Å². The molecule has 0 fully saturated rings. The summed E-state index contributed by atoms with van der Waals surface area (Å²) in [7, 11) is 0. The quantitative estimate of drug-likeness (QED) is 0.607. The number of aromatic nitrogens is 4. The highest BCUT2D eigenvalue weighted by molar-refractivity contribution is 5.46. The molecule has 2 rings (SSSR count). The first kappa shape index (κ1) is 7.02. The Balaban J connectivity index is 2.88. The molecule has 0 atom stereocenters. The normalized spacial score (nSPS) is 10.8. The number of hydrogen-bond donors (Lipinski definition) is 1. The molecule has 0 saturated heterocycles. The molecule has 0 aliphatic heterocycles. The number of nitrogens with zero attached hydrogens (tertiary/aromatic N) is 4. The Labute approximate surface area is 69.2 Å². The molecule has 2 aromatic rings. The average molecular weight is 163 g/mol. The second-order valence-corrected chi connectivity index (χ2v) is 2.68. The van der Waals surface area contributed by atoms with Crippen molar-refractivity contribution in [3.63, 3.8) is 0 Å². The summed E-state index contributed by atoms with van der Waals surface area (Å²) in [6.45, 7) is 3.70. The summed E-state index contributed by atoms with van der Waals surface area (Å²) < 4.78 is 1.65. The van der Waals surface area contributed by atoms with Crippen LogP contribution in [0.3, 0.4) is 0 Å². The van der Waals surface area contributed by atoms with Crippen molar-refractivity contribution < 1.29 is 0 Å². The van der Waals surface area contributed by atoms with Gasteiger partial charge >= 0.3 is 0 Å². The van der Waals surface area contributed by atoms with E-state index >= 15 is 0 Å². The van der Waals surface area contributed by atoms with Crippen LogP contribution in [0.1, 0.15) is 11.5 Å². The van der Waals surface area contributed by atoms with Gasteiger partial charge in [-0.05, 0) is 13.8 Å². The van der Waals surface area contributed by atoms with Crippen LogP contribution in [-0.4, -0.2) is 19.6 Å². The molecule has 0 spiro atoms. The smallest absolute Gasteiger partial charge is 0.176 e. The molecular formula is C7H9N5. The van der Waals surface area contributed by atoms with Gasteiger partial charge in [0.05, 0.1) is 11.9 Å². The minimum atomic E-state index is 0.463. The molecular weight excluding hydrogens is 154 g/mol. The van der Waals surface area contributed by atoms with E-state index in [2.05, 4.69) is 15.1 Å². The number of nitrogen functional groups attached to an aromatic ring is 1. The first-order valence-electron chi connectivity index (χ1n) is 3.63. The Morgan fingerprint density at radius 3 is 2.83 bits per heavy atom. The predicted molar refractivity (Wildman–Crippen MR) is 44.7 cm³/mol. The molecule has 0 aromatic carbocycles. The van der Waals surface area contributed by atoms with Crippen LogP contribution in [-0.2, 0) is 0 Å². The maximum absolute atomic E-state index is 5.53. The first-order chi connectivity index (χ1) is 5.66. The van der Waals surface area contributed by atoms with E-state index in [0.717, 1.165) is 17.2 Å². The second-order valence-electron chi connectivity index (χ2n) is 2.68. The van der Waals surface area contributed by atoms with Crippen molar-refractivity contribution in [3.8, 4) is 0 Å². The van der Waals surface area contributed by atoms with E-state index in [1.807, 2.05) is 13.8 Å². The van der Waals surface area contributed by atoms with Crippen molar-refractivity contribution in [2.75, 3.05) is 5.73 Å². The number of rotatable bonds is 0. The van der Waals surface area contributed by atoms with Gasteiger partial charge in [0.25, 0.3) is 0 Å². The van der Waals surface area contributed by atoms with E-state index in [-0.39, 0.29) is 0 Å². The minimum Gasteiger partial charge on any atom is -0.382 e. The van der Waals surface area contributed by atoms with E-state index in [4.69, 9.17) is 5.73 Å². The van der Waals surface area contributed by atoms with E-state index in [9.17, 15) is 0 Å². The molecule has 0 bridgehead atoms. The zero-order valence-corrected chi connectivity index (χ0v) is 6.94. The zero-order chi connectivity index (χ0) is 8.72. The van der Waals surface area contributed by atoms with Gasteiger partial charge in [-0.25, -0.2) is 14.5 Å². The SMILES string of the molecule is Cc1nc2c(C)nc(N)cn2n1. The molecule has 2 aromatic heterocycles. The monoisotopic (exact) mass is 163 g/mol. The third kappa shape index (κ3) is 0.903. The zero-order valence-electron chi connectivity index (χ0n) is 6.94. The summed E-state index contributed by atoms with van der Waals surface area (Å²) in [4.78, 5) is 8.26. The number of hydrogen-bond acceptors (Lipinski definition) is 4. The molecule has 0 aliphatic carbocycles. The van der Waals surface area contributed by atoms with Crippen LogP contribution in [0.5, 0.6) is 0 Å². The van der Waals surface area contributed by atoms with Crippen LogP contribution in [0.25, 0.3) is 5.65 Å². The summed E-state index contributed by atoms with van der Waals surface area (Å²) in [5, 5.41) is 4.12. The summed E-state index contributed by atoms with van der Waals surface area (Å²) in [5.41, 5.74) is 7.10. The Morgan fingerprint density at radius 1 is 1.33 bits per heavy atom. The Kier molecular flexibility index (Phi) is 1.27. The molecule has 0 aliphatic rings. The molecule has 0 unspecified atom stereocenters. The Morgan fingerprint density at radius 2 is 2.08 bits per heavy atom. The van der Waals surface area contributed by atoms with Gasteiger partial charge in [0, 0.05) is 0 Å². The van der Waals surface area contributed by atoms with Gasteiger partial charge in [0.1, 0.15) is 11.6 Å². The van der Waals surface area contributed by atoms with Crippen LogP contribution < -0.4 is 5.73 Å². The predicted octanol–water partition coefficient (Wildman–Crippen LogP) is 0.323. The molecule has 2 heterocycles. The maximum Gasteiger partial charge on any atom is 0.176 e. The van der Waals surface area contributed by atoms with Crippen molar-refractivity contribution in [1.29, 1.82) is 0 Å². The molecule has 2 N–H and O–H groups in total. The molecule has 0 amide bonds. The topological polar surface area (TPSA) is 69.1 Å². The van der Waals surface area contributed by atoms with Crippen molar-refractivity contribution in [2.24, 2.45) is 0 Å². The van der Waals surface area contributed by atoms with Crippen molar-refractivity contribution in [2.45, 2.75) is 13.8 Å². The average Bonchev–Trinajstić information content (AvgIpc) is 2.29. The fourth-order valence-corrected chi connectivity index (χ4v) is 1.16. The molecule has 0 saturated carbocycles. The summed E-state index contributed by atoms with van der Waals surface area (Å²) in [6, 6.07) is 0. The van der Waals surface area contributed by atoms with Gasteiger partial charge < -0.3 is 5.73 Å². The van der Waals surface area contributed by atoms with E-state index in [1.165, 1.54) is 0 Å². The van der Waals surface area contributed by atoms with E-state index < -0.39 is 0 Å². The minimum absolute atomic E-state index is 0.463. The van der Waals surface area contributed by atoms with Crippen molar-refractivity contribution in [3.05, 3.63) is 17.7 Å². The van der Waals surface area contributed by atoms with Crippen LogP contribution >= 0.6 is 0 Å². The largest absolute Gasteiger partial charge is 0.382 e. The maximum atomic E-state index is 5.53. The number of nitrogens with two attached hydrogens (primary N) is 1. The van der Waals surface area contributed by atoms with E-state index in [0.29, 0.717) is 5.82 Å². The van der Waals surface area contributed by atoms with Crippen LogP contribution in [0.15, 0.2) is 6.20 Å². The lowest BCUT2D eigenvalue weighted by Crippen LogP contribution is -1.98. The number of aryl methyl sites for hydroxylation is 2. The van der Waals surface area contributed by atoms with Gasteiger partial charge in [0.2, 0.25) is 0 Å². The fraction of sp³-hybridized carbons (Fsp3) is 0.286. The third-order valence-corrected chi connectivity index (χ3v) is 1.61. The highest BCUT2D eigenvalue weighted by atomic mass is 15.3. The fourth-order valence-electron chi connectivity index (χ4n) is 1.16. The molecule has 12 heavy (non-hydrogen) atoms. The lowest BCUT2D eigenvalue weighted by atomic mass is 10.5. The van der Waals surface area contributed by atoms with Crippen molar-refractivity contribution in [1.82, 2.24) is 19.6 Å². The molecule has 0 radical (unpaired) electrons. The van der Waals surface area contributed by atoms with Gasteiger partial charge in [0.15, 0.2) is 5.65 Å². The summed E-state index contributed by atoms with van der Waals surface area (Å²) >= 11 is 0. The van der Waals surface area contributed by atoms with Crippen molar-refractivity contribution >= 4 is 11.5 Å². The Hall–Kier alpha value is -1.65. The number of anilines is 1. The van der Waals surface area contributed by atoms with Crippen LogP contribution in [0.2, 0.25) is 0 Å². The lowest BCUT2D eigenvalue weighted by molar-refractivity contribution is 0.916. The highest BCUT2D eigenvalue weighted by Crippen LogP contribution is 2.07. The number of fused-ring (bicyclic) bond motifs is 1. The molecule has 5 heteroatoms. The lowest BCUT2D eigenvalue weighted by Gasteiger charge is -1.96. The Bertz CT molecular complexity index is 431. The summed E-state index contributed by atoms with van der Waals surface area (Å²) in [5.74, 6) is 1.19. The first-order valence-corrected chi connectivity index (χ1v) is 3.63. The molecule has 5 nitrogen and oxygen atoms in total. The standard InChI is InChI=1S/C7H9N5/c1-4-7-10-5(2)11-12(7)3-6(8)9-4/h3H,8H2,1-2H3. The summed E-state index contributed by atoms with van der Waals surface area (Å²) in [6.07, 6.45) is 1.66. The van der Waals surface area contributed by atoms with Crippen LogP contribution in [0, 0.1) is 13.8 Å². The second kappa shape index (κ2) is 2.17. The van der Waals surface area contributed by atoms with Crippen LogP contribution in [0.4, 0.5) is 5.82 Å². The van der Waals surface area contributed by atoms with Gasteiger partial charge in [-0.1, -0.05) is 0 Å². The van der Waals surface area contributed by atoms with E-state index in [1.54, 1.807) is 10.7 Å². The van der Waals surface area contributed by atoms with Gasteiger partial charge in [-0.2, -0.15) is 5.10 Å². The highest BCUT2D eigenvalue weighted by Gasteiger charge is 2.03.